The lowest BCUT2D eigenvalue weighted by molar-refractivity contribution is 0.519. The van der Waals surface area contributed by atoms with Crippen molar-refractivity contribution in [1.29, 1.82) is 0 Å². The van der Waals surface area contributed by atoms with Crippen molar-refractivity contribution in [2.24, 2.45) is 0 Å². The molecule has 0 aliphatic heterocycles. The zero-order chi connectivity index (χ0) is 11.4. The minimum atomic E-state index is -0.0398. The second-order valence-corrected chi connectivity index (χ2v) is 4.11. The molecule has 0 spiro atoms. The van der Waals surface area contributed by atoms with E-state index in [0.29, 0.717) is 0 Å². The van der Waals surface area contributed by atoms with Crippen LogP contribution in [0.2, 0.25) is 0 Å². The molecule has 5 nitrogen and oxygen atoms in total. The van der Waals surface area contributed by atoms with Crippen LogP contribution in [0, 0.1) is 0 Å². The number of alkyl halides is 1. The van der Waals surface area contributed by atoms with E-state index >= 15 is 0 Å². The monoisotopic (exact) mass is 239 g/mol. The van der Waals surface area contributed by atoms with Gasteiger partial charge in [-0.15, -0.1) is 16.7 Å². The maximum atomic E-state index is 6.07. The first kappa shape index (κ1) is 11.1. The Morgan fingerprint density at radius 1 is 1.44 bits per heavy atom. The number of nitrogens with zero attached hydrogens (tertiary/aromatic N) is 5. The van der Waals surface area contributed by atoms with Crippen molar-refractivity contribution in [3.05, 3.63) is 30.6 Å². The maximum Gasteiger partial charge on any atom is 0.100 e. The third-order valence-electron chi connectivity index (χ3n) is 2.38. The molecule has 2 aromatic rings. The molecule has 0 fully saturated rings. The van der Waals surface area contributed by atoms with Crippen LogP contribution >= 0.6 is 11.6 Å². The Morgan fingerprint density at radius 3 is 3.00 bits per heavy atom. The minimum absolute atomic E-state index is 0.0398. The maximum absolute atomic E-state index is 6.07. The fourth-order valence-corrected chi connectivity index (χ4v) is 1.51. The summed E-state index contributed by atoms with van der Waals surface area (Å²) in [5.74, 6) is 0. The normalized spacial score (nSPS) is 12.9. The van der Waals surface area contributed by atoms with Crippen LogP contribution in [-0.4, -0.2) is 24.5 Å². The molecule has 86 valence electrons. The SMILES string of the molecule is CCC(Cl)c1cn(CCn2ccnc2)nn1. The van der Waals surface area contributed by atoms with Crippen LogP contribution in [0.4, 0.5) is 0 Å². The number of rotatable bonds is 5. The van der Waals surface area contributed by atoms with Crippen molar-refractivity contribution in [2.45, 2.75) is 31.8 Å². The van der Waals surface area contributed by atoms with Gasteiger partial charge in [-0.2, -0.15) is 0 Å². The molecular weight excluding hydrogens is 226 g/mol. The van der Waals surface area contributed by atoms with Gasteiger partial charge in [0.1, 0.15) is 5.69 Å². The van der Waals surface area contributed by atoms with Gasteiger partial charge in [0.25, 0.3) is 0 Å². The first-order chi connectivity index (χ1) is 7.79. The summed E-state index contributed by atoms with van der Waals surface area (Å²) in [5.41, 5.74) is 0.842. The fourth-order valence-electron chi connectivity index (χ4n) is 1.41. The molecule has 0 aliphatic carbocycles. The number of hydrogen-bond acceptors (Lipinski definition) is 3. The lowest BCUT2D eigenvalue weighted by Crippen LogP contribution is -2.06. The highest BCUT2D eigenvalue weighted by Gasteiger charge is 2.09. The van der Waals surface area contributed by atoms with E-state index in [0.717, 1.165) is 25.2 Å². The molecule has 1 unspecified atom stereocenters. The molecule has 2 aromatic heterocycles. The summed E-state index contributed by atoms with van der Waals surface area (Å²) in [7, 11) is 0. The van der Waals surface area contributed by atoms with E-state index in [-0.39, 0.29) is 5.38 Å². The molecule has 0 N–H and O–H groups in total. The summed E-state index contributed by atoms with van der Waals surface area (Å²) in [4.78, 5) is 3.98. The summed E-state index contributed by atoms with van der Waals surface area (Å²) in [6, 6.07) is 0. The van der Waals surface area contributed by atoms with Crippen molar-refractivity contribution < 1.29 is 0 Å². The minimum Gasteiger partial charge on any atom is -0.336 e. The van der Waals surface area contributed by atoms with Gasteiger partial charge in [-0.25, -0.2) is 4.98 Å². The van der Waals surface area contributed by atoms with Crippen LogP contribution in [-0.2, 0) is 13.1 Å². The summed E-state index contributed by atoms with van der Waals surface area (Å²) in [6.45, 7) is 3.64. The van der Waals surface area contributed by atoms with Gasteiger partial charge in [-0.1, -0.05) is 12.1 Å². The highest BCUT2D eigenvalue weighted by molar-refractivity contribution is 6.20. The average molecular weight is 240 g/mol. The molecule has 2 rings (SSSR count). The molecule has 6 heteroatoms. The zero-order valence-corrected chi connectivity index (χ0v) is 9.88. The third kappa shape index (κ3) is 2.61. The molecule has 0 aromatic carbocycles. The zero-order valence-electron chi connectivity index (χ0n) is 9.12. The van der Waals surface area contributed by atoms with Gasteiger partial charge in [0.05, 0.1) is 24.4 Å². The summed E-state index contributed by atoms with van der Waals surface area (Å²) < 4.78 is 3.81. The molecule has 0 radical (unpaired) electrons. The summed E-state index contributed by atoms with van der Waals surface area (Å²) in [5, 5.41) is 8.04. The van der Waals surface area contributed by atoms with Gasteiger partial charge in [-0.3, -0.25) is 4.68 Å². The van der Waals surface area contributed by atoms with Crippen LogP contribution in [0.3, 0.4) is 0 Å². The molecule has 0 amide bonds. The van der Waals surface area contributed by atoms with Crippen molar-refractivity contribution in [3.8, 4) is 0 Å². The van der Waals surface area contributed by atoms with Gasteiger partial charge in [-0.05, 0) is 6.42 Å². The second kappa shape index (κ2) is 5.12. The van der Waals surface area contributed by atoms with Crippen LogP contribution in [0.25, 0.3) is 0 Å². The van der Waals surface area contributed by atoms with Crippen LogP contribution in [0.1, 0.15) is 24.4 Å². The van der Waals surface area contributed by atoms with Crippen LogP contribution in [0.5, 0.6) is 0 Å². The van der Waals surface area contributed by atoms with Crippen molar-refractivity contribution in [3.63, 3.8) is 0 Å². The largest absolute Gasteiger partial charge is 0.336 e. The quantitative estimate of drug-likeness (QED) is 0.749. The molecule has 0 saturated carbocycles. The number of imidazole rings is 1. The Balaban J connectivity index is 1.93. The molecule has 2 heterocycles. The predicted octanol–water partition coefficient (Wildman–Crippen LogP) is 1.86. The number of aryl methyl sites for hydroxylation is 2. The number of halogens is 1. The predicted molar refractivity (Wildman–Crippen MR) is 61.1 cm³/mol. The number of aromatic nitrogens is 5. The molecule has 0 saturated heterocycles. The molecule has 1 atom stereocenters. The van der Waals surface area contributed by atoms with Crippen LogP contribution < -0.4 is 0 Å². The molecular formula is C10H14ClN5. The summed E-state index contributed by atoms with van der Waals surface area (Å²) >= 11 is 6.07. The van der Waals surface area contributed by atoms with Crippen LogP contribution in [0.15, 0.2) is 24.9 Å². The fraction of sp³-hybridized carbons (Fsp3) is 0.500. The van der Waals surface area contributed by atoms with Gasteiger partial charge < -0.3 is 4.57 Å². The van der Waals surface area contributed by atoms with E-state index in [1.165, 1.54) is 0 Å². The highest BCUT2D eigenvalue weighted by atomic mass is 35.5. The van der Waals surface area contributed by atoms with Crippen molar-refractivity contribution in [1.82, 2.24) is 24.5 Å². The highest BCUT2D eigenvalue weighted by Crippen LogP contribution is 2.20. The van der Waals surface area contributed by atoms with E-state index in [9.17, 15) is 0 Å². The van der Waals surface area contributed by atoms with Gasteiger partial charge in [0.2, 0.25) is 0 Å². The topological polar surface area (TPSA) is 48.5 Å². The van der Waals surface area contributed by atoms with E-state index < -0.39 is 0 Å². The Kier molecular flexibility index (Phi) is 3.56. The Hall–Kier alpha value is -1.36. The van der Waals surface area contributed by atoms with E-state index in [2.05, 4.69) is 15.3 Å². The molecule has 0 bridgehead atoms. The first-order valence-corrected chi connectivity index (χ1v) is 5.73. The van der Waals surface area contributed by atoms with Crippen molar-refractivity contribution >= 4 is 11.6 Å². The van der Waals surface area contributed by atoms with E-state index in [1.807, 2.05) is 23.9 Å². The first-order valence-electron chi connectivity index (χ1n) is 5.29. The average Bonchev–Trinajstić information content (AvgIpc) is 2.96. The third-order valence-corrected chi connectivity index (χ3v) is 2.91. The van der Waals surface area contributed by atoms with Gasteiger partial charge >= 0.3 is 0 Å². The standard InChI is InChI=1S/C10H14ClN5/c1-2-9(11)10-7-16(14-13-10)6-5-15-4-3-12-8-15/h3-4,7-9H,2,5-6H2,1H3. The van der Waals surface area contributed by atoms with Gasteiger partial charge in [0.15, 0.2) is 0 Å². The lowest BCUT2D eigenvalue weighted by Gasteiger charge is -2.01. The van der Waals surface area contributed by atoms with E-state index in [1.54, 1.807) is 17.2 Å². The van der Waals surface area contributed by atoms with Gasteiger partial charge in [0, 0.05) is 18.9 Å². The molecule has 16 heavy (non-hydrogen) atoms. The molecule has 0 aliphatic rings. The number of hydrogen-bond donors (Lipinski definition) is 0. The van der Waals surface area contributed by atoms with Crippen molar-refractivity contribution in [2.75, 3.05) is 0 Å². The Morgan fingerprint density at radius 2 is 2.31 bits per heavy atom. The summed E-state index contributed by atoms with van der Waals surface area (Å²) in [6.07, 6.45) is 8.24. The smallest absolute Gasteiger partial charge is 0.100 e. The second-order valence-electron chi connectivity index (χ2n) is 3.58. The lowest BCUT2D eigenvalue weighted by atomic mass is 10.3. The Bertz CT molecular complexity index is 422. The van der Waals surface area contributed by atoms with E-state index in [4.69, 9.17) is 11.6 Å². The Labute approximate surface area is 99.1 Å².